The molecule has 1 unspecified atom stereocenters. The second-order valence-corrected chi connectivity index (χ2v) is 3.65. The largest absolute Gasteiger partial charge is 0.380 e. The highest BCUT2D eigenvalue weighted by Gasteiger charge is 2.05. The quantitative estimate of drug-likeness (QED) is 0.574. The van der Waals surface area contributed by atoms with Crippen molar-refractivity contribution in [2.45, 2.75) is 25.8 Å². The Kier molecular flexibility index (Phi) is 8.40. The molecule has 1 N–H and O–H groups in total. The van der Waals surface area contributed by atoms with Gasteiger partial charge in [-0.25, -0.2) is 0 Å². The average Bonchev–Trinajstić information content (AvgIpc) is 2.10. The van der Waals surface area contributed by atoms with E-state index in [1.54, 1.807) is 0 Å². The third-order valence-electron chi connectivity index (χ3n) is 2.00. The molecule has 3 heteroatoms. The number of nitrogens with one attached hydrogen (secondary N) is 1. The molecule has 0 saturated heterocycles. The molecule has 3 nitrogen and oxygen atoms in total. The molecule has 0 amide bonds. The van der Waals surface area contributed by atoms with Gasteiger partial charge in [0.2, 0.25) is 0 Å². The Hall–Kier alpha value is -0.120. The second-order valence-electron chi connectivity index (χ2n) is 3.65. The first-order valence-electron chi connectivity index (χ1n) is 5.10. The Morgan fingerprint density at radius 2 is 2.08 bits per heavy atom. The van der Waals surface area contributed by atoms with Gasteiger partial charge in [0.05, 0.1) is 6.61 Å². The second kappa shape index (κ2) is 8.48. The van der Waals surface area contributed by atoms with Crippen molar-refractivity contribution in [2.75, 3.05) is 40.9 Å². The maximum Gasteiger partial charge on any atom is 0.0619 e. The van der Waals surface area contributed by atoms with Crippen LogP contribution in [0.5, 0.6) is 0 Å². The zero-order valence-electron chi connectivity index (χ0n) is 9.47. The molecule has 0 aromatic rings. The number of hydrogen-bond donors (Lipinski definition) is 1. The van der Waals surface area contributed by atoms with Gasteiger partial charge in [0.15, 0.2) is 0 Å². The van der Waals surface area contributed by atoms with Crippen molar-refractivity contribution < 1.29 is 4.74 Å². The van der Waals surface area contributed by atoms with E-state index in [9.17, 15) is 0 Å². The third kappa shape index (κ3) is 8.22. The Morgan fingerprint density at radius 1 is 1.38 bits per heavy atom. The summed E-state index contributed by atoms with van der Waals surface area (Å²) < 4.78 is 5.49. The van der Waals surface area contributed by atoms with Crippen LogP contribution in [0, 0.1) is 0 Å². The fourth-order valence-corrected chi connectivity index (χ4v) is 1.09. The first-order chi connectivity index (χ1) is 6.20. The van der Waals surface area contributed by atoms with Crippen LogP contribution in [0.25, 0.3) is 0 Å². The first kappa shape index (κ1) is 12.9. The smallest absolute Gasteiger partial charge is 0.0619 e. The van der Waals surface area contributed by atoms with Crippen LogP contribution >= 0.6 is 0 Å². The summed E-state index contributed by atoms with van der Waals surface area (Å²) in [5.74, 6) is 0. The van der Waals surface area contributed by atoms with E-state index >= 15 is 0 Å². The van der Waals surface area contributed by atoms with E-state index in [-0.39, 0.29) is 0 Å². The Balaban J connectivity index is 3.39. The van der Waals surface area contributed by atoms with Crippen LogP contribution in [-0.4, -0.2) is 51.8 Å². The van der Waals surface area contributed by atoms with Crippen LogP contribution in [0.4, 0.5) is 0 Å². The summed E-state index contributed by atoms with van der Waals surface area (Å²) in [5, 5.41) is 3.26. The summed E-state index contributed by atoms with van der Waals surface area (Å²) in [5.41, 5.74) is 0. The van der Waals surface area contributed by atoms with E-state index in [0.29, 0.717) is 6.04 Å². The molecule has 0 aliphatic heterocycles. The highest BCUT2D eigenvalue weighted by Crippen LogP contribution is 1.94. The van der Waals surface area contributed by atoms with Gasteiger partial charge >= 0.3 is 0 Å². The molecule has 0 spiro atoms. The molecule has 0 aliphatic carbocycles. The molecule has 0 aromatic heterocycles. The normalized spacial score (nSPS) is 13.6. The molecule has 0 heterocycles. The van der Waals surface area contributed by atoms with Crippen LogP contribution in [0.2, 0.25) is 0 Å². The standard InChI is InChI=1S/C10H24N2O/c1-5-8-13-9-10(11-2)6-7-12(3)4/h10-11H,5-9H2,1-4H3. The number of ether oxygens (including phenoxy) is 1. The summed E-state index contributed by atoms with van der Waals surface area (Å²) in [6.45, 7) is 4.95. The summed E-state index contributed by atoms with van der Waals surface area (Å²) in [4.78, 5) is 2.20. The minimum absolute atomic E-state index is 0.494. The predicted molar refractivity (Wildman–Crippen MR) is 57.1 cm³/mol. The molecule has 0 aromatic carbocycles. The third-order valence-corrected chi connectivity index (χ3v) is 2.00. The van der Waals surface area contributed by atoms with E-state index in [2.05, 4.69) is 31.2 Å². The monoisotopic (exact) mass is 188 g/mol. The highest BCUT2D eigenvalue weighted by molar-refractivity contribution is 4.64. The van der Waals surface area contributed by atoms with E-state index < -0.39 is 0 Å². The number of rotatable bonds is 8. The van der Waals surface area contributed by atoms with Gasteiger partial charge in [0.25, 0.3) is 0 Å². The van der Waals surface area contributed by atoms with Crippen molar-refractivity contribution in [3.63, 3.8) is 0 Å². The molecule has 0 aliphatic rings. The van der Waals surface area contributed by atoms with E-state index in [4.69, 9.17) is 4.74 Å². The number of nitrogens with zero attached hydrogens (tertiary/aromatic N) is 1. The van der Waals surface area contributed by atoms with Crippen molar-refractivity contribution in [3.05, 3.63) is 0 Å². The van der Waals surface area contributed by atoms with Crippen LogP contribution in [0.15, 0.2) is 0 Å². The van der Waals surface area contributed by atoms with Gasteiger partial charge in [0.1, 0.15) is 0 Å². The molecule has 1 atom stereocenters. The van der Waals surface area contributed by atoms with E-state index in [0.717, 1.165) is 32.6 Å². The van der Waals surface area contributed by atoms with Gasteiger partial charge in [0, 0.05) is 12.6 Å². The predicted octanol–water partition coefficient (Wildman–Crippen LogP) is 0.953. The zero-order valence-corrected chi connectivity index (χ0v) is 9.47. The lowest BCUT2D eigenvalue weighted by Crippen LogP contribution is -2.33. The topological polar surface area (TPSA) is 24.5 Å². The SMILES string of the molecule is CCCOCC(CCN(C)C)NC. The van der Waals surface area contributed by atoms with Crippen LogP contribution < -0.4 is 5.32 Å². The molecular weight excluding hydrogens is 164 g/mol. The summed E-state index contributed by atoms with van der Waals surface area (Å²) in [6, 6.07) is 0.494. The number of hydrogen-bond acceptors (Lipinski definition) is 3. The minimum Gasteiger partial charge on any atom is -0.380 e. The Bertz CT molecular complexity index is 107. The van der Waals surface area contributed by atoms with Gasteiger partial charge in [-0.2, -0.15) is 0 Å². The van der Waals surface area contributed by atoms with Gasteiger partial charge in [-0.05, 0) is 40.5 Å². The molecule has 80 valence electrons. The molecular formula is C10H24N2O. The fourth-order valence-electron chi connectivity index (χ4n) is 1.09. The first-order valence-corrected chi connectivity index (χ1v) is 5.10. The number of likely N-dealkylation sites (N-methyl/N-ethyl adjacent to an activating group) is 1. The van der Waals surface area contributed by atoms with Gasteiger partial charge < -0.3 is 15.0 Å². The van der Waals surface area contributed by atoms with Crippen molar-refractivity contribution in [2.24, 2.45) is 0 Å². The lowest BCUT2D eigenvalue weighted by Gasteiger charge is -2.18. The average molecular weight is 188 g/mol. The summed E-state index contributed by atoms with van der Waals surface area (Å²) >= 11 is 0. The minimum atomic E-state index is 0.494. The molecule has 0 saturated carbocycles. The molecule has 0 radical (unpaired) electrons. The molecule has 0 rings (SSSR count). The van der Waals surface area contributed by atoms with Crippen LogP contribution in [-0.2, 0) is 4.74 Å². The summed E-state index contributed by atoms with van der Waals surface area (Å²) in [6.07, 6.45) is 2.25. The fraction of sp³-hybridized carbons (Fsp3) is 1.00. The van der Waals surface area contributed by atoms with Crippen LogP contribution in [0.1, 0.15) is 19.8 Å². The zero-order chi connectivity index (χ0) is 10.1. The Labute approximate surface area is 82.4 Å². The highest BCUT2D eigenvalue weighted by atomic mass is 16.5. The molecule has 13 heavy (non-hydrogen) atoms. The lowest BCUT2D eigenvalue weighted by molar-refractivity contribution is 0.109. The van der Waals surface area contributed by atoms with Crippen molar-refractivity contribution in [3.8, 4) is 0 Å². The molecule has 0 fully saturated rings. The molecule has 0 bridgehead atoms. The van der Waals surface area contributed by atoms with Crippen molar-refractivity contribution >= 4 is 0 Å². The van der Waals surface area contributed by atoms with Crippen LogP contribution in [0.3, 0.4) is 0 Å². The van der Waals surface area contributed by atoms with Crippen molar-refractivity contribution in [1.29, 1.82) is 0 Å². The van der Waals surface area contributed by atoms with Gasteiger partial charge in [-0.1, -0.05) is 6.92 Å². The lowest BCUT2D eigenvalue weighted by atomic mass is 10.2. The summed E-state index contributed by atoms with van der Waals surface area (Å²) in [7, 11) is 6.19. The maximum absolute atomic E-state index is 5.49. The van der Waals surface area contributed by atoms with E-state index in [1.807, 2.05) is 7.05 Å². The maximum atomic E-state index is 5.49. The van der Waals surface area contributed by atoms with E-state index in [1.165, 1.54) is 0 Å². The van der Waals surface area contributed by atoms with Gasteiger partial charge in [-0.15, -0.1) is 0 Å². The van der Waals surface area contributed by atoms with Gasteiger partial charge in [-0.3, -0.25) is 0 Å². The Morgan fingerprint density at radius 3 is 2.54 bits per heavy atom. The van der Waals surface area contributed by atoms with Crippen molar-refractivity contribution in [1.82, 2.24) is 10.2 Å².